The van der Waals surface area contributed by atoms with E-state index in [9.17, 15) is 14.9 Å². The van der Waals surface area contributed by atoms with Crippen LogP contribution in [0.2, 0.25) is 0 Å². The number of carbonyl (C=O) groups excluding carboxylic acids is 1. The fourth-order valence-corrected chi connectivity index (χ4v) is 2.05. The summed E-state index contributed by atoms with van der Waals surface area (Å²) in [7, 11) is 0. The van der Waals surface area contributed by atoms with E-state index in [0.29, 0.717) is 0 Å². The number of aromatic nitrogens is 3. The fourth-order valence-electron chi connectivity index (χ4n) is 2.05. The van der Waals surface area contributed by atoms with Crippen LogP contribution in [-0.4, -0.2) is 32.0 Å². The number of hydrogen-bond acceptors (Lipinski definition) is 6. The van der Waals surface area contributed by atoms with Crippen LogP contribution in [0.25, 0.3) is 10.9 Å². The number of nitrogens with one attached hydrogen (secondary N) is 2. The van der Waals surface area contributed by atoms with E-state index >= 15 is 0 Å². The Kier molecular flexibility index (Phi) is 3.75. The van der Waals surface area contributed by atoms with Crippen LogP contribution in [0, 0.1) is 10.1 Å². The summed E-state index contributed by atoms with van der Waals surface area (Å²) in [5.41, 5.74) is 3.44. The number of hydrogen-bond donors (Lipinski definition) is 2. The smallest absolute Gasteiger partial charge is 0.353 e. The van der Waals surface area contributed by atoms with Crippen molar-refractivity contribution in [1.82, 2.24) is 20.4 Å². The molecular formula is C14H10N6O3. The van der Waals surface area contributed by atoms with Crippen molar-refractivity contribution in [1.29, 1.82) is 0 Å². The van der Waals surface area contributed by atoms with Crippen LogP contribution in [-0.2, 0) is 0 Å². The van der Waals surface area contributed by atoms with Crippen LogP contribution in [0.1, 0.15) is 16.1 Å². The SMILES string of the molecule is O=C(NN=Cc1cccc2ncccc12)c1nc[nH]c1[N+](=O)[O-]. The number of rotatable bonds is 4. The predicted molar refractivity (Wildman–Crippen MR) is 82.0 cm³/mol. The molecule has 0 aliphatic carbocycles. The molecule has 0 bridgehead atoms. The van der Waals surface area contributed by atoms with Gasteiger partial charge in [0.15, 0.2) is 6.33 Å². The first-order valence-corrected chi connectivity index (χ1v) is 6.52. The van der Waals surface area contributed by atoms with Gasteiger partial charge < -0.3 is 10.1 Å². The maximum absolute atomic E-state index is 11.9. The quantitative estimate of drug-likeness (QED) is 0.430. The number of aromatic amines is 1. The standard InChI is InChI=1S/C14H10N6O3/c21-14(12-13(20(22)23)17-8-16-12)19-18-7-9-3-1-5-11-10(9)4-2-6-15-11/h1-8H,(H,16,17)(H,19,21). The molecule has 0 atom stereocenters. The monoisotopic (exact) mass is 310 g/mol. The molecule has 23 heavy (non-hydrogen) atoms. The molecule has 1 amide bonds. The van der Waals surface area contributed by atoms with Gasteiger partial charge in [-0.25, -0.2) is 15.4 Å². The lowest BCUT2D eigenvalue weighted by molar-refractivity contribution is -0.389. The van der Waals surface area contributed by atoms with Gasteiger partial charge in [0.1, 0.15) is 0 Å². The maximum atomic E-state index is 11.9. The van der Waals surface area contributed by atoms with Crippen molar-refractivity contribution in [2.45, 2.75) is 0 Å². The lowest BCUT2D eigenvalue weighted by Crippen LogP contribution is -2.19. The minimum Gasteiger partial charge on any atom is -0.358 e. The summed E-state index contributed by atoms with van der Waals surface area (Å²) in [6.07, 6.45) is 4.20. The Hall–Kier alpha value is -3.62. The molecule has 0 unspecified atom stereocenters. The fraction of sp³-hybridized carbons (Fsp3) is 0. The summed E-state index contributed by atoms with van der Waals surface area (Å²) in [5.74, 6) is -1.25. The zero-order valence-corrected chi connectivity index (χ0v) is 11.6. The van der Waals surface area contributed by atoms with Crippen LogP contribution >= 0.6 is 0 Å². The minimum absolute atomic E-state index is 0.327. The van der Waals surface area contributed by atoms with Gasteiger partial charge in [-0.3, -0.25) is 9.78 Å². The summed E-state index contributed by atoms with van der Waals surface area (Å²) in [6.45, 7) is 0. The number of amides is 1. The molecule has 0 spiro atoms. The van der Waals surface area contributed by atoms with E-state index in [-0.39, 0.29) is 5.69 Å². The van der Waals surface area contributed by atoms with Gasteiger partial charge in [0.25, 0.3) is 5.91 Å². The minimum atomic E-state index is -0.771. The molecule has 2 heterocycles. The van der Waals surface area contributed by atoms with Crippen LogP contribution in [0.4, 0.5) is 5.82 Å². The van der Waals surface area contributed by atoms with Gasteiger partial charge in [0.2, 0.25) is 5.69 Å². The maximum Gasteiger partial charge on any atom is 0.353 e. The number of nitrogens with zero attached hydrogens (tertiary/aromatic N) is 4. The molecule has 0 saturated heterocycles. The highest BCUT2D eigenvalue weighted by molar-refractivity contribution is 5.99. The molecule has 0 aliphatic rings. The highest BCUT2D eigenvalue weighted by Crippen LogP contribution is 2.14. The van der Waals surface area contributed by atoms with Crippen LogP contribution < -0.4 is 5.43 Å². The highest BCUT2D eigenvalue weighted by atomic mass is 16.6. The average Bonchev–Trinajstić information content (AvgIpc) is 3.05. The first-order valence-electron chi connectivity index (χ1n) is 6.52. The van der Waals surface area contributed by atoms with Crippen molar-refractivity contribution < 1.29 is 9.72 Å². The number of fused-ring (bicyclic) bond motifs is 1. The molecule has 9 heteroatoms. The molecule has 2 N–H and O–H groups in total. The van der Waals surface area contributed by atoms with E-state index in [2.05, 4.69) is 25.5 Å². The van der Waals surface area contributed by atoms with E-state index in [1.54, 1.807) is 12.3 Å². The molecule has 9 nitrogen and oxygen atoms in total. The van der Waals surface area contributed by atoms with Gasteiger partial charge in [-0.1, -0.05) is 18.2 Å². The lowest BCUT2D eigenvalue weighted by atomic mass is 10.1. The molecule has 0 aliphatic heterocycles. The van der Waals surface area contributed by atoms with Crippen molar-refractivity contribution in [2.24, 2.45) is 5.10 Å². The van der Waals surface area contributed by atoms with Crippen molar-refractivity contribution in [3.05, 3.63) is 64.2 Å². The van der Waals surface area contributed by atoms with Crippen LogP contribution in [0.15, 0.2) is 48.0 Å². The van der Waals surface area contributed by atoms with E-state index in [0.717, 1.165) is 22.8 Å². The van der Waals surface area contributed by atoms with E-state index in [1.807, 2.05) is 24.3 Å². The lowest BCUT2D eigenvalue weighted by Gasteiger charge is -2.00. The van der Waals surface area contributed by atoms with Crippen molar-refractivity contribution in [2.75, 3.05) is 0 Å². The van der Waals surface area contributed by atoms with Gasteiger partial charge in [-0.2, -0.15) is 5.10 Å². The zero-order valence-electron chi connectivity index (χ0n) is 11.6. The number of benzene rings is 1. The molecule has 1 aromatic carbocycles. The summed E-state index contributed by atoms with van der Waals surface area (Å²) in [5, 5.41) is 15.4. The molecule has 0 saturated carbocycles. The molecule has 0 radical (unpaired) electrons. The Morgan fingerprint density at radius 1 is 1.30 bits per heavy atom. The third-order valence-corrected chi connectivity index (χ3v) is 3.07. The first kappa shape index (κ1) is 14.3. The number of H-pyrrole nitrogens is 1. The van der Waals surface area contributed by atoms with E-state index in [1.165, 1.54) is 6.21 Å². The second kappa shape index (κ2) is 6.02. The first-order chi connectivity index (χ1) is 11.2. The summed E-state index contributed by atoms with van der Waals surface area (Å²) >= 11 is 0. The Morgan fingerprint density at radius 3 is 3.00 bits per heavy atom. The molecule has 3 rings (SSSR count). The Bertz CT molecular complexity index is 912. The second-order valence-electron chi connectivity index (χ2n) is 4.47. The summed E-state index contributed by atoms with van der Waals surface area (Å²) < 4.78 is 0. The molecule has 114 valence electrons. The number of imidazole rings is 1. The van der Waals surface area contributed by atoms with Gasteiger partial charge in [0, 0.05) is 17.1 Å². The Labute approximate surface area is 129 Å². The molecule has 2 aromatic heterocycles. The van der Waals surface area contributed by atoms with E-state index in [4.69, 9.17) is 0 Å². The third kappa shape index (κ3) is 2.88. The van der Waals surface area contributed by atoms with Gasteiger partial charge >= 0.3 is 5.82 Å². The number of carbonyl (C=O) groups is 1. The summed E-state index contributed by atoms with van der Waals surface area (Å²) in [4.78, 5) is 32.0. The third-order valence-electron chi connectivity index (χ3n) is 3.07. The highest BCUT2D eigenvalue weighted by Gasteiger charge is 2.21. The normalized spacial score (nSPS) is 11.0. The summed E-state index contributed by atoms with van der Waals surface area (Å²) in [6, 6.07) is 9.17. The number of hydrazone groups is 1. The number of pyridine rings is 1. The second-order valence-corrected chi connectivity index (χ2v) is 4.47. The largest absolute Gasteiger partial charge is 0.358 e. The van der Waals surface area contributed by atoms with E-state index < -0.39 is 16.6 Å². The number of nitro groups is 1. The van der Waals surface area contributed by atoms with Gasteiger partial charge in [-0.15, -0.1) is 0 Å². The average molecular weight is 310 g/mol. The Morgan fingerprint density at radius 2 is 2.17 bits per heavy atom. The van der Waals surface area contributed by atoms with Crippen LogP contribution in [0.3, 0.4) is 0 Å². The topological polar surface area (TPSA) is 126 Å². The van der Waals surface area contributed by atoms with Crippen molar-refractivity contribution in [3.8, 4) is 0 Å². The molecular weight excluding hydrogens is 300 g/mol. The predicted octanol–water partition coefficient (Wildman–Crippen LogP) is 1.63. The van der Waals surface area contributed by atoms with Gasteiger partial charge in [-0.05, 0) is 17.1 Å². The Balaban J connectivity index is 1.79. The molecule has 3 aromatic rings. The molecule has 0 fully saturated rings. The van der Waals surface area contributed by atoms with Crippen molar-refractivity contribution >= 4 is 28.8 Å². The van der Waals surface area contributed by atoms with Crippen LogP contribution in [0.5, 0.6) is 0 Å². The van der Waals surface area contributed by atoms with Crippen molar-refractivity contribution in [3.63, 3.8) is 0 Å². The van der Waals surface area contributed by atoms with Gasteiger partial charge in [0.05, 0.1) is 11.7 Å². The zero-order chi connectivity index (χ0) is 16.2.